The van der Waals surface area contributed by atoms with Gasteiger partial charge in [-0.15, -0.1) is 0 Å². The van der Waals surface area contributed by atoms with Crippen LogP contribution in [0.1, 0.15) is 62.3 Å². The topological polar surface area (TPSA) is 9.23 Å². The van der Waals surface area contributed by atoms with Crippen molar-refractivity contribution in [1.29, 1.82) is 0 Å². The molecule has 0 bridgehead atoms. The Balaban J connectivity index is 3.58. The average Bonchev–Trinajstić information content (AvgIpc) is 2.18. The van der Waals surface area contributed by atoms with Gasteiger partial charge in [-0.25, -0.2) is 0 Å². The highest BCUT2D eigenvalue weighted by atomic mass is 16.5. The monoisotopic (exact) mass is 226 g/mol. The zero-order valence-corrected chi connectivity index (χ0v) is 12.9. The maximum absolute atomic E-state index is 6.00. The normalized spacial score (nSPS) is 32.6. The van der Waals surface area contributed by atoms with Gasteiger partial charge in [-0.1, -0.05) is 55.4 Å². The summed E-state index contributed by atoms with van der Waals surface area (Å²) >= 11 is 0. The van der Waals surface area contributed by atoms with E-state index in [0.29, 0.717) is 0 Å². The minimum Gasteiger partial charge on any atom is -0.377 e. The molecule has 1 heteroatoms. The maximum atomic E-state index is 6.00. The van der Waals surface area contributed by atoms with Gasteiger partial charge in [-0.3, -0.25) is 0 Å². The van der Waals surface area contributed by atoms with Gasteiger partial charge in [0.1, 0.15) is 0 Å². The Kier molecular flexibility index (Phi) is 2.67. The average molecular weight is 226 g/mol. The Labute approximate surface area is 102 Å². The van der Waals surface area contributed by atoms with Crippen LogP contribution in [0.3, 0.4) is 0 Å². The van der Waals surface area contributed by atoms with E-state index in [2.05, 4.69) is 62.3 Å². The van der Waals surface area contributed by atoms with E-state index in [9.17, 15) is 0 Å². The molecule has 1 aliphatic rings. The second-order valence-corrected chi connectivity index (χ2v) is 7.74. The van der Waals surface area contributed by atoms with Crippen LogP contribution in [-0.2, 0) is 4.74 Å². The van der Waals surface area contributed by atoms with Crippen LogP contribution in [0, 0.1) is 21.7 Å². The van der Waals surface area contributed by atoms with Crippen LogP contribution in [0.5, 0.6) is 0 Å². The molecular weight excluding hydrogens is 196 g/mol. The summed E-state index contributed by atoms with van der Waals surface area (Å²) in [5.41, 5.74) is 0.638. The predicted octanol–water partition coefficient (Wildman–Crippen LogP) is 4.51. The van der Waals surface area contributed by atoms with Crippen molar-refractivity contribution in [2.45, 2.75) is 67.9 Å². The van der Waals surface area contributed by atoms with Gasteiger partial charge in [-0.05, 0) is 28.6 Å². The molecule has 0 aromatic carbocycles. The highest BCUT2D eigenvalue weighted by Crippen LogP contribution is 2.75. The summed E-state index contributed by atoms with van der Waals surface area (Å²) in [6.07, 6.45) is 0. The van der Waals surface area contributed by atoms with Crippen molar-refractivity contribution >= 4 is 0 Å². The zero-order chi connectivity index (χ0) is 13.2. The Morgan fingerprint density at radius 1 is 0.500 bits per heavy atom. The van der Waals surface area contributed by atoms with Gasteiger partial charge in [0, 0.05) is 7.11 Å². The third-order valence-corrected chi connectivity index (χ3v) is 7.48. The predicted molar refractivity (Wildman–Crippen MR) is 70.5 cm³/mol. The molecule has 0 radical (unpaired) electrons. The summed E-state index contributed by atoms with van der Waals surface area (Å²) in [6.45, 7) is 21.2. The maximum Gasteiger partial charge on any atom is 0.0762 e. The van der Waals surface area contributed by atoms with E-state index in [1.165, 1.54) is 0 Å². The van der Waals surface area contributed by atoms with E-state index < -0.39 is 0 Å². The molecule has 1 rings (SSSR count). The van der Waals surface area contributed by atoms with Crippen molar-refractivity contribution in [3.63, 3.8) is 0 Å². The first-order chi connectivity index (χ1) is 6.81. The van der Waals surface area contributed by atoms with Gasteiger partial charge in [0.2, 0.25) is 0 Å². The largest absolute Gasteiger partial charge is 0.377 e. The SMILES string of the molecule is COC1(C)C(C)(C)C(C)(C)C(C)(C)C1(C)C. The van der Waals surface area contributed by atoms with Crippen LogP contribution in [0.2, 0.25) is 0 Å². The second kappa shape index (κ2) is 3.04. The summed E-state index contributed by atoms with van der Waals surface area (Å²) in [4.78, 5) is 0. The zero-order valence-electron chi connectivity index (χ0n) is 12.9. The van der Waals surface area contributed by atoms with Gasteiger partial charge in [0.15, 0.2) is 0 Å². The number of ether oxygens (including phenoxy) is 1. The standard InChI is InChI=1S/C15H30O/c1-11(2)12(3,4)14(7,8)15(9,16-10)13(11,5)6/h1-10H3. The van der Waals surface area contributed by atoms with Crippen LogP contribution in [0.15, 0.2) is 0 Å². The molecule has 0 amide bonds. The summed E-state index contributed by atoms with van der Waals surface area (Å²) in [5.74, 6) is 0. The molecule has 0 N–H and O–H groups in total. The molecule has 1 nitrogen and oxygen atoms in total. The molecular formula is C15H30O. The highest BCUT2D eigenvalue weighted by molar-refractivity contribution is 5.22. The van der Waals surface area contributed by atoms with Crippen LogP contribution >= 0.6 is 0 Å². The fourth-order valence-electron chi connectivity index (χ4n) is 4.05. The Hall–Kier alpha value is -0.0400. The minimum absolute atomic E-state index is 0.104. The summed E-state index contributed by atoms with van der Waals surface area (Å²) in [6, 6.07) is 0. The molecule has 96 valence electrons. The van der Waals surface area contributed by atoms with Gasteiger partial charge in [-0.2, -0.15) is 0 Å². The lowest BCUT2D eigenvalue weighted by Crippen LogP contribution is -2.51. The summed E-state index contributed by atoms with van der Waals surface area (Å²) < 4.78 is 6.00. The number of hydrogen-bond acceptors (Lipinski definition) is 1. The van der Waals surface area contributed by atoms with Crippen LogP contribution < -0.4 is 0 Å². The first-order valence-electron chi connectivity index (χ1n) is 6.36. The van der Waals surface area contributed by atoms with Crippen LogP contribution in [-0.4, -0.2) is 12.7 Å². The van der Waals surface area contributed by atoms with Crippen molar-refractivity contribution in [3.8, 4) is 0 Å². The molecule has 1 aliphatic carbocycles. The number of methoxy groups -OCH3 is 1. The van der Waals surface area contributed by atoms with Crippen molar-refractivity contribution in [1.82, 2.24) is 0 Å². The lowest BCUT2D eigenvalue weighted by Gasteiger charge is -2.48. The fraction of sp³-hybridized carbons (Fsp3) is 1.00. The molecule has 0 spiro atoms. The van der Waals surface area contributed by atoms with Gasteiger partial charge < -0.3 is 4.74 Å². The molecule has 0 saturated heterocycles. The van der Waals surface area contributed by atoms with Crippen molar-refractivity contribution in [2.75, 3.05) is 7.11 Å². The molecule has 1 fully saturated rings. The lowest BCUT2D eigenvalue weighted by atomic mass is 9.57. The van der Waals surface area contributed by atoms with Gasteiger partial charge in [0.05, 0.1) is 5.60 Å². The van der Waals surface area contributed by atoms with E-state index in [4.69, 9.17) is 4.74 Å². The molecule has 0 heterocycles. The third kappa shape index (κ3) is 1.02. The molecule has 0 aliphatic heterocycles. The molecule has 0 aromatic rings. The number of hydrogen-bond donors (Lipinski definition) is 0. The fourth-order valence-corrected chi connectivity index (χ4v) is 4.05. The molecule has 0 atom stereocenters. The molecule has 0 unspecified atom stereocenters. The van der Waals surface area contributed by atoms with Crippen LogP contribution in [0.25, 0.3) is 0 Å². The quantitative estimate of drug-likeness (QED) is 0.639. The van der Waals surface area contributed by atoms with Crippen LogP contribution in [0.4, 0.5) is 0 Å². The Bertz CT molecular complexity index is 269. The summed E-state index contributed by atoms with van der Waals surface area (Å²) in [7, 11) is 1.86. The van der Waals surface area contributed by atoms with E-state index in [-0.39, 0.29) is 27.3 Å². The van der Waals surface area contributed by atoms with E-state index >= 15 is 0 Å². The molecule has 1 saturated carbocycles. The molecule has 0 aromatic heterocycles. The highest BCUT2D eigenvalue weighted by Gasteiger charge is 2.74. The van der Waals surface area contributed by atoms with E-state index in [1.54, 1.807) is 0 Å². The van der Waals surface area contributed by atoms with Gasteiger partial charge >= 0.3 is 0 Å². The minimum atomic E-state index is -0.104. The van der Waals surface area contributed by atoms with E-state index in [1.807, 2.05) is 7.11 Å². The molecule has 16 heavy (non-hydrogen) atoms. The lowest BCUT2D eigenvalue weighted by molar-refractivity contribution is -0.142. The first-order valence-corrected chi connectivity index (χ1v) is 6.36. The third-order valence-electron chi connectivity index (χ3n) is 7.48. The summed E-state index contributed by atoms with van der Waals surface area (Å²) in [5, 5.41) is 0. The van der Waals surface area contributed by atoms with E-state index in [0.717, 1.165) is 0 Å². The van der Waals surface area contributed by atoms with Crippen molar-refractivity contribution in [2.24, 2.45) is 21.7 Å². The van der Waals surface area contributed by atoms with Gasteiger partial charge in [0.25, 0.3) is 0 Å². The Morgan fingerprint density at radius 3 is 0.875 bits per heavy atom. The van der Waals surface area contributed by atoms with Crippen molar-refractivity contribution < 1.29 is 4.74 Å². The number of rotatable bonds is 1. The van der Waals surface area contributed by atoms with Crippen molar-refractivity contribution in [3.05, 3.63) is 0 Å². The Morgan fingerprint density at radius 2 is 0.750 bits per heavy atom. The first kappa shape index (κ1) is 14.0. The smallest absolute Gasteiger partial charge is 0.0762 e. The second-order valence-electron chi connectivity index (χ2n) is 7.74.